The van der Waals surface area contributed by atoms with E-state index in [-0.39, 0.29) is 18.1 Å². The summed E-state index contributed by atoms with van der Waals surface area (Å²) in [6, 6.07) is 0. The topological polar surface area (TPSA) is 54.0 Å². The molecule has 0 amide bonds. The fourth-order valence-corrected chi connectivity index (χ4v) is 4.80. The number of alkyl halides is 3. The van der Waals surface area contributed by atoms with Gasteiger partial charge in [-0.2, -0.15) is 13.2 Å². The van der Waals surface area contributed by atoms with Crippen LogP contribution in [0.15, 0.2) is 11.3 Å². The molecule has 24 heavy (non-hydrogen) atoms. The Morgan fingerprint density at radius 3 is 2.62 bits per heavy atom. The number of hydrogen-bond acceptors (Lipinski definition) is 5. The fourth-order valence-electron chi connectivity index (χ4n) is 4.80. The first-order valence-corrected chi connectivity index (χ1v) is 8.19. The minimum absolute atomic E-state index is 0.102. The van der Waals surface area contributed by atoms with Crippen LogP contribution in [0.25, 0.3) is 0 Å². The number of hydrogen-bond donors (Lipinski definition) is 0. The van der Waals surface area contributed by atoms with Crippen molar-refractivity contribution in [3.8, 4) is 0 Å². The van der Waals surface area contributed by atoms with E-state index in [1.54, 1.807) is 6.92 Å². The number of carbonyl (C=O) groups excluding carboxylic acids is 1. The third-order valence-electron chi connectivity index (χ3n) is 5.97. The van der Waals surface area contributed by atoms with Crippen LogP contribution in [-0.4, -0.2) is 30.1 Å². The van der Waals surface area contributed by atoms with Gasteiger partial charge in [0.1, 0.15) is 6.29 Å². The maximum absolute atomic E-state index is 13.4. The molecule has 0 N–H and O–H groups in total. The minimum atomic E-state index is -4.76. The molecule has 1 unspecified atom stereocenters. The second-order valence-corrected chi connectivity index (χ2v) is 7.37. The third kappa shape index (κ3) is 2.02. The van der Waals surface area contributed by atoms with E-state index in [4.69, 9.17) is 19.2 Å². The molecule has 0 aromatic carbocycles. The Kier molecular flexibility index (Phi) is 3.38. The summed E-state index contributed by atoms with van der Waals surface area (Å²) in [5.74, 6) is -3.05. The number of fused-ring (bicyclic) bond motifs is 2. The van der Waals surface area contributed by atoms with E-state index in [1.165, 1.54) is 0 Å². The van der Waals surface area contributed by atoms with Gasteiger partial charge >= 0.3 is 6.18 Å². The highest BCUT2D eigenvalue weighted by atomic mass is 19.4. The number of aldehydes is 1. The minimum Gasteiger partial charge on any atom is -0.456 e. The molecule has 1 aliphatic carbocycles. The number of ether oxygens (including phenoxy) is 2. The van der Waals surface area contributed by atoms with Crippen molar-refractivity contribution in [2.45, 2.75) is 63.4 Å². The lowest BCUT2D eigenvalue weighted by Gasteiger charge is -2.56. The second kappa shape index (κ2) is 4.95. The summed E-state index contributed by atoms with van der Waals surface area (Å²) in [5, 5.41) is 0. The zero-order valence-corrected chi connectivity index (χ0v) is 13.4. The van der Waals surface area contributed by atoms with Crippen LogP contribution in [0.4, 0.5) is 13.2 Å². The summed E-state index contributed by atoms with van der Waals surface area (Å²) in [6.07, 6.45) is -3.46. The summed E-state index contributed by atoms with van der Waals surface area (Å²) in [5.41, 5.74) is -1.60. The quantitative estimate of drug-likeness (QED) is 0.538. The lowest BCUT2D eigenvalue weighted by atomic mass is 9.59. The van der Waals surface area contributed by atoms with Crippen LogP contribution < -0.4 is 0 Å². The number of allylic oxidation sites excluding steroid dienone is 1. The Morgan fingerprint density at radius 2 is 1.96 bits per heavy atom. The standard InChI is InChI=1S/C16H19F3O5/c1-8-3-4-11-9(7-20)12(16(17,18)19)21-13-15(11)10(8)5-6-14(2,22-13)23-24-15/h7-8,10-11,13H,3-6H2,1-2H3/t8-,10?,11+,13-,14+,15-/m1/s1. The Balaban J connectivity index is 1.90. The molecule has 2 bridgehead atoms. The van der Waals surface area contributed by atoms with Crippen LogP contribution in [-0.2, 0) is 24.0 Å². The molecule has 4 heterocycles. The molecule has 5 rings (SSSR count). The van der Waals surface area contributed by atoms with E-state index in [2.05, 4.69) is 0 Å². The van der Waals surface area contributed by atoms with E-state index in [1.807, 2.05) is 6.92 Å². The van der Waals surface area contributed by atoms with Gasteiger partial charge in [-0.25, -0.2) is 9.78 Å². The van der Waals surface area contributed by atoms with Gasteiger partial charge < -0.3 is 9.47 Å². The Bertz CT molecular complexity index is 603. The smallest absolute Gasteiger partial charge is 0.449 e. The molecule has 4 fully saturated rings. The number of halogens is 3. The van der Waals surface area contributed by atoms with Crippen LogP contribution in [0.5, 0.6) is 0 Å². The van der Waals surface area contributed by atoms with Crippen molar-refractivity contribution >= 4 is 6.29 Å². The largest absolute Gasteiger partial charge is 0.456 e. The average molecular weight is 348 g/mol. The van der Waals surface area contributed by atoms with Crippen LogP contribution in [0, 0.1) is 17.8 Å². The number of rotatable bonds is 1. The molecule has 134 valence electrons. The van der Waals surface area contributed by atoms with Gasteiger partial charge in [-0.15, -0.1) is 0 Å². The van der Waals surface area contributed by atoms with Crippen LogP contribution in [0.3, 0.4) is 0 Å². The lowest BCUT2D eigenvalue weighted by molar-refractivity contribution is -0.557. The van der Waals surface area contributed by atoms with E-state index in [0.29, 0.717) is 25.7 Å². The highest BCUT2D eigenvalue weighted by Gasteiger charge is 2.70. The molecule has 3 saturated heterocycles. The van der Waals surface area contributed by atoms with Crippen molar-refractivity contribution in [3.63, 3.8) is 0 Å². The van der Waals surface area contributed by atoms with Gasteiger partial charge in [-0.1, -0.05) is 6.92 Å². The normalized spacial score (nSPS) is 47.7. The summed E-state index contributed by atoms with van der Waals surface area (Å²) < 4.78 is 51.2. The molecule has 6 atom stereocenters. The van der Waals surface area contributed by atoms with Crippen LogP contribution in [0.1, 0.15) is 39.5 Å². The Labute approximate surface area is 137 Å². The van der Waals surface area contributed by atoms with Gasteiger partial charge in [0.2, 0.25) is 17.8 Å². The molecule has 5 nitrogen and oxygen atoms in total. The molecule has 1 spiro atoms. The highest BCUT2D eigenvalue weighted by molar-refractivity contribution is 5.76. The molecular weight excluding hydrogens is 329 g/mol. The van der Waals surface area contributed by atoms with Crippen molar-refractivity contribution < 1.29 is 37.2 Å². The van der Waals surface area contributed by atoms with Gasteiger partial charge in [0.05, 0.1) is 0 Å². The SMILES string of the molecule is C[C@@H]1CC[C@H]2C(C=O)=C(C(F)(F)F)O[C@@H]3O[C@]4(C)CCC1[C@]32OO4. The van der Waals surface area contributed by atoms with Crippen molar-refractivity contribution in [1.82, 2.24) is 0 Å². The zero-order valence-electron chi connectivity index (χ0n) is 13.4. The van der Waals surface area contributed by atoms with Gasteiger partial charge in [0.15, 0.2) is 5.60 Å². The molecular formula is C16H19F3O5. The van der Waals surface area contributed by atoms with Gasteiger partial charge in [-0.05, 0) is 32.1 Å². The summed E-state index contributed by atoms with van der Waals surface area (Å²) in [4.78, 5) is 22.7. The van der Waals surface area contributed by atoms with E-state index < -0.39 is 41.1 Å². The monoisotopic (exact) mass is 348 g/mol. The number of carbonyl (C=O) groups is 1. The maximum atomic E-state index is 13.4. The predicted octanol–water partition coefficient (Wildman–Crippen LogP) is 3.25. The molecule has 4 aliphatic heterocycles. The van der Waals surface area contributed by atoms with Crippen molar-refractivity contribution in [3.05, 3.63) is 11.3 Å². The van der Waals surface area contributed by atoms with Crippen molar-refractivity contribution in [2.75, 3.05) is 0 Å². The molecule has 0 radical (unpaired) electrons. The first-order chi connectivity index (χ1) is 11.2. The highest BCUT2D eigenvalue weighted by Crippen LogP contribution is 2.60. The summed E-state index contributed by atoms with van der Waals surface area (Å²) >= 11 is 0. The van der Waals surface area contributed by atoms with Crippen molar-refractivity contribution in [2.24, 2.45) is 17.8 Å². The van der Waals surface area contributed by atoms with Crippen LogP contribution in [0.2, 0.25) is 0 Å². The average Bonchev–Trinajstić information content (AvgIpc) is 2.74. The molecule has 0 aromatic rings. The first kappa shape index (κ1) is 16.4. The molecule has 5 aliphatic rings. The van der Waals surface area contributed by atoms with Crippen molar-refractivity contribution in [1.29, 1.82) is 0 Å². The fraction of sp³-hybridized carbons (Fsp3) is 0.812. The van der Waals surface area contributed by atoms with Gasteiger partial charge in [0, 0.05) is 23.8 Å². The lowest BCUT2D eigenvalue weighted by Crippen LogP contribution is -2.67. The third-order valence-corrected chi connectivity index (χ3v) is 5.97. The molecule has 8 heteroatoms. The zero-order chi connectivity index (χ0) is 17.3. The Morgan fingerprint density at radius 1 is 1.21 bits per heavy atom. The molecule has 1 saturated carbocycles. The first-order valence-electron chi connectivity index (χ1n) is 8.19. The summed E-state index contributed by atoms with van der Waals surface area (Å²) in [7, 11) is 0. The second-order valence-electron chi connectivity index (χ2n) is 7.37. The van der Waals surface area contributed by atoms with E-state index in [0.717, 1.165) is 0 Å². The van der Waals surface area contributed by atoms with E-state index in [9.17, 15) is 18.0 Å². The van der Waals surface area contributed by atoms with Crippen LogP contribution >= 0.6 is 0 Å². The summed E-state index contributed by atoms with van der Waals surface area (Å²) in [6.45, 7) is 3.67. The predicted molar refractivity (Wildman–Crippen MR) is 73.0 cm³/mol. The maximum Gasteiger partial charge on any atom is 0.449 e. The molecule has 0 aromatic heterocycles. The van der Waals surface area contributed by atoms with Gasteiger partial charge in [-0.3, -0.25) is 4.79 Å². The Hall–Kier alpha value is -1.12. The van der Waals surface area contributed by atoms with E-state index >= 15 is 0 Å². The van der Waals surface area contributed by atoms with Gasteiger partial charge in [0.25, 0.3) is 0 Å².